The summed E-state index contributed by atoms with van der Waals surface area (Å²) in [5.74, 6) is 0.774. The number of nitrogens with one attached hydrogen (secondary N) is 1. The molecule has 96 valence electrons. The fourth-order valence-electron chi connectivity index (χ4n) is 1.77. The fourth-order valence-corrected chi connectivity index (χ4v) is 1.77. The Labute approximate surface area is 104 Å². The summed E-state index contributed by atoms with van der Waals surface area (Å²) in [6, 6.07) is 6.05. The molecular weight excluding hydrogens is 214 g/mol. The molecule has 1 unspecified atom stereocenters. The Bertz CT molecular complexity index is 339. The molecule has 0 aliphatic rings. The van der Waals surface area contributed by atoms with Crippen LogP contribution in [0.25, 0.3) is 0 Å². The standard InChI is InChI=1S/C14H23NO2/c1-4-5-7-11(2)15-10-12-8-6-9-13(17-3)14(12)16/h6,8-9,11,15-16H,4-5,7,10H2,1-3H3. The fraction of sp³-hybridized carbons (Fsp3) is 0.571. The van der Waals surface area contributed by atoms with Gasteiger partial charge >= 0.3 is 0 Å². The Morgan fingerprint density at radius 2 is 2.18 bits per heavy atom. The Morgan fingerprint density at radius 3 is 2.82 bits per heavy atom. The van der Waals surface area contributed by atoms with Gasteiger partial charge in [0.2, 0.25) is 0 Å². The maximum Gasteiger partial charge on any atom is 0.162 e. The molecule has 0 saturated carbocycles. The van der Waals surface area contributed by atoms with E-state index in [-0.39, 0.29) is 5.75 Å². The minimum atomic E-state index is 0.241. The van der Waals surface area contributed by atoms with Gasteiger partial charge in [0.15, 0.2) is 11.5 Å². The van der Waals surface area contributed by atoms with Crippen LogP contribution in [0.4, 0.5) is 0 Å². The summed E-state index contributed by atoms with van der Waals surface area (Å²) in [5.41, 5.74) is 0.882. The van der Waals surface area contributed by atoms with E-state index in [1.165, 1.54) is 19.3 Å². The number of ether oxygens (including phenoxy) is 1. The number of phenolic OH excluding ortho intramolecular Hbond substituents is 1. The highest BCUT2D eigenvalue weighted by molar-refractivity contribution is 5.45. The molecule has 0 amide bonds. The van der Waals surface area contributed by atoms with Crippen LogP contribution in [0, 0.1) is 0 Å². The van der Waals surface area contributed by atoms with Crippen molar-refractivity contribution in [2.45, 2.75) is 45.7 Å². The lowest BCUT2D eigenvalue weighted by atomic mass is 10.1. The summed E-state index contributed by atoms with van der Waals surface area (Å²) in [6.45, 7) is 5.04. The second-order valence-electron chi connectivity index (χ2n) is 4.39. The first-order chi connectivity index (χ1) is 8.19. The van der Waals surface area contributed by atoms with Crippen molar-refractivity contribution in [2.24, 2.45) is 0 Å². The van der Waals surface area contributed by atoms with Crippen LogP contribution in [-0.4, -0.2) is 18.3 Å². The van der Waals surface area contributed by atoms with Crippen molar-refractivity contribution in [2.75, 3.05) is 7.11 Å². The van der Waals surface area contributed by atoms with Crippen LogP contribution >= 0.6 is 0 Å². The van der Waals surface area contributed by atoms with Gasteiger partial charge in [-0.1, -0.05) is 31.9 Å². The summed E-state index contributed by atoms with van der Waals surface area (Å²) in [5, 5.41) is 13.3. The average molecular weight is 237 g/mol. The SMILES string of the molecule is CCCCC(C)NCc1cccc(OC)c1O. The highest BCUT2D eigenvalue weighted by Crippen LogP contribution is 2.29. The maximum absolute atomic E-state index is 9.91. The van der Waals surface area contributed by atoms with E-state index < -0.39 is 0 Å². The highest BCUT2D eigenvalue weighted by Gasteiger charge is 2.08. The second-order valence-corrected chi connectivity index (χ2v) is 4.39. The summed E-state index contributed by atoms with van der Waals surface area (Å²) in [6.07, 6.45) is 3.62. The molecule has 2 N–H and O–H groups in total. The molecule has 3 nitrogen and oxygen atoms in total. The quantitative estimate of drug-likeness (QED) is 0.765. The van der Waals surface area contributed by atoms with E-state index in [2.05, 4.69) is 19.2 Å². The first kappa shape index (κ1) is 13.8. The molecule has 1 atom stereocenters. The predicted octanol–water partition coefficient (Wildman–Crippen LogP) is 3.07. The van der Waals surface area contributed by atoms with E-state index in [4.69, 9.17) is 4.74 Å². The summed E-state index contributed by atoms with van der Waals surface area (Å²) in [7, 11) is 1.57. The number of unbranched alkanes of at least 4 members (excludes halogenated alkanes) is 1. The molecule has 1 rings (SSSR count). The van der Waals surface area contributed by atoms with Gasteiger partial charge in [-0.2, -0.15) is 0 Å². The zero-order valence-corrected chi connectivity index (χ0v) is 11.0. The third kappa shape index (κ3) is 4.27. The number of benzene rings is 1. The number of hydrogen-bond donors (Lipinski definition) is 2. The molecule has 0 saturated heterocycles. The van der Waals surface area contributed by atoms with Crippen molar-refractivity contribution in [3.63, 3.8) is 0 Å². The largest absolute Gasteiger partial charge is 0.504 e. The average Bonchev–Trinajstić information content (AvgIpc) is 2.35. The Morgan fingerprint density at radius 1 is 1.41 bits per heavy atom. The third-order valence-corrected chi connectivity index (χ3v) is 2.93. The molecule has 0 aliphatic heterocycles. The zero-order chi connectivity index (χ0) is 12.7. The van der Waals surface area contributed by atoms with Crippen LogP contribution in [0.1, 0.15) is 38.7 Å². The Hall–Kier alpha value is -1.22. The molecule has 0 heterocycles. The predicted molar refractivity (Wildman–Crippen MR) is 70.5 cm³/mol. The Balaban J connectivity index is 2.51. The molecule has 0 bridgehead atoms. The van der Waals surface area contributed by atoms with Crippen molar-refractivity contribution in [3.8, 4) is 11.5 Å². The van der Waals surface area contributed by atoms with Gasteiger partial charge in [-0.25, -0.2) is 0 Å². The van der Waals surface area contributed by atoms with E-state index in [1.807, 2.05) is 12.1 Å². The molecule has 0 spiro atoms. The van der Waals surface area contributed by atoms with Gasteiger partial charge in [-0.15, -0.1) is 0 Å². The van der Waals surface area contributed by atoms with Crippen LogP contribution in [0.5, 0.6) is 11.5 Å². The van der Waals surface area contributed by atoms with Gasteiger partial charge in [-0.3, -0.25) is 0 Å². The van der Waals surface area contributed by atoms with Crippen molar-refractivity contribution in [3.05, 3.63) is 23.8 Å². The van der Waals surface area contributed by atoms with Crippen LogP contribution in [-0.2, 0) is 6.54 Å². The molecular formula is C14H23NO2. The molecule has 0 radical (unpaired) electrons. The van der Waals surface area contributed by atoms with Gasteiger partial charge in [0.05, 0.1) is 7.11 Å². The normalized spacial score (nSPS) is 12.4. The number of hydrogen-bond acceptors (Lipinski definition) is 3. The van der Waals surface area contributed by atoms with Gasteiger partial charge in [0.1, 0.15) is 0 Å². The lowest BCUT2D eigenvalue weighted by Crippen LogP contribution is -2.25. The molecule has 17 heavy (non-hydrogen) atoms. The van der Waals surface area contributed by atoms with Crippen LogP contribution in [0.15, 0.2) is 18.2 Å². The van der Waals surface area contributed by atoms with Gasteiger partial charge < -0.3 is 15.2 Å². The molecule has 0 aliphatic carbocycles. The van der Waals surface area contributed by atoms with Crippen molar-refractivity contribution < 1.29 is 9.84 Å². The van der Waals surface area contributed by atoms with Gasteiger partial charge in [-0.05, 0) is 19.4 Å². The second kappa shape index (κ2) is 7.17. The van der Waals surface area contributed by atoms with E-state index in [0.29, 0.717) is 18.3 Å². The maximum atomic E-state index is 9.91. The Kier molecular flexibility index (Phi) is 5.84. The molecule has 1 aromatic rings. The zero-order valence-electron chi connectivity index (χ0n) is 11.0. The molecule has 0 fully saturated rings. The minimum absolute atomic E-state index is 0.241. The number of para-hydroxylation sites is 1. The van der Waals surface area contributed by atoms with Crippen molar-refractivity contribution in [1.29, 1.82) is 0 Å². The number of methoxy groups -OCH3 is 1. The molecule has 0 aromatic heterocycles. The van der Waals surface area contributed by atoms with Gasteiger partial charge in [0.25, 0.3) is 0 Å². The lowest BCUT2D eigenvalue weighted by molar-refractivity contribution is 0.368. The third-order valence-electron chi connectivity index (χ3n) is 2.93. The number of rotatable bonds is 7. The summed E-state index contributed by atoms with van der Waals surface area (Å²) >= 11 is 0. The van der Waals surface area contributed by atoms with Crippen LogP contribution < -0.4 is 10.1 Å². The topological polar surface area (TPSA) is 41.5 Å². The van der Waals surface area contributed by atoms with E-state index in [1.54, 1.807) is 13.2 Å². The van der Waals surface area contributed by atoms with Crippen molar-refractivity contribution in [1.82, 2.24) is 5.32 Å². The van der Waals surface area contributed by atoms with E-state index in [9.17, 15) is 5.11 Å². The monoisotopic (exact) mass is 237 g/mol. The summed E-state index contributed by atoms with van der Waals surface area (Å²) in [4.78, 5) is 0. The molecule has 3 heteroatoms. The minimum Gasteiger partial charge on any atom is -0.504 e. The lowest BCUT2D eigenvalue weighted by Gasteiger charge is -2.14. The highest BCUT2D eigenvalue weighted by atomic mass is 16.5. The smallest absolute Gasteiger partial charge is 0.162 e. The van der Waals surface area contributed by atoms with Gasteiger partial charge in [0, 0.05) is 18.2 Å². The number of phenols is 1. The van der Waals surface area contributed by atoms with Crippen LogP contribution in [0.2, 0.25) is 0 Å². The van der Waals surface area contributed by atoms with Crippen molar-refractivity contribution >= 4 is 0 Å². The first-order valence-electron chi connectivity index (χ1n) is 6.27. The van der Waals surface area contributed by atoms with E-state index >= 15 is 0 Å². The van der Waals surface area contributed by atoms with E-state index in [0.717, 1.165) is 5.56 Å². The summed E-state index contributed by atoms with van der Waals surface area (Å²) < 4.78 is 5.08. The molecule has 1 aromatic carbocycles. The number of aromatic hydroxyl groups is 1. The first-order valence-corrected chi connectivity index (χ1v) is 6.27. The van der Waals surface area contributed by atoms with Crippen LogP contribution in [0.3, 0.4) is 0 Å².